The van der Waals surface area contributed by atoms with Crippen molar-refractivity contribution in [1.29, 1.82) is 0 Å². The zero-order chi connectivity index (χ0) is 17.6. The van der Waals surface area contributed by atoms with Crippen molar-refractivity contribution in [3.8, 4) is 0 Å². The summed E-state index contributed by atoms with van der Waals surface area (Å²) in [6, 6.07) is 6.82. The van der Waals surface area contributed by atoms with E-state index >= 15 is 0 Å². The van der Waals surface area contributed by atoms with Crippen LogP contribution in [0.15, 0.2) is 24.4 Å². The number of nitrogens with zero attached hydrogens (tertiary/aromatic N) is 1. The van der Waals surface area contributed by atoms with Crippen molar-refractivity contribution in [1.82, 2.24) is 19.3 Å². The molecule has 0 saturated carbocycles. The molecule has 1 aromatic heterocycles. The summed E-state index contributed by atoms with van der Waals surface area (Å²) >= 11 is 0. The molecular weight excluding hydrogens is 336 g/mol. The van der Waals surface area contributed by atoms with E-state index in [9.17, 15) is 8.42 Å². The van der Waals surface area contributed by atoms with Gasteiger partial charge in [-0.15, -0.1) is 0 Å². The third-order valence-corrected chi connectivity index (χ3v) is 6.86. The first kappa shape index (κ1) is 17.0. The van der Waals surface area contributed by atoms with Gasteiger partial charge in [-0.1, -0.05) is 19.1 Å². The molecule has 4 rings (SSSR count). The van der Waals surface area contributed by atoms with Gasteiger partial charge in [-0.25, -0.2) is 4.72 Å². The Labute approximate surface area is 149 Å². The highest BCUT2D eigenvalue weighted by Crippen LogP contribution is 2.43. The average molecular weight is 362 g/mol. The molecule has 1 aliphatic carbocycles. The molecule has 3 atom stereocenters. The summed E-state index contributed by atoms with van der Waals surface area (Å²) < 4.78 is 29.2. The predicted molar refractivity (Wildman–Crippen MR) is 99.9 cm³/mol. The molecule has 2 heterocycles. The largest absolute Gasteiger partial charge is 0.361 e. The van der Waals surface area contributed by atoms with E-state index in [-0.39, 0.29) is 6.04 Å². The van der Waals surface area contributed by atoms with Crippen LogP contribution in [0, 0.1) is 0 Å². The first-order valence-electron chi connectivity index (χ1n) is 9.06. The van der Waals surface area contributed by atoms with Crippen molar-refractivity contribution < 1.29 is 8.42 Å². The Bertz CT molecular complexity index is 876. The summed E-state index contributed by atoms with van der Waals surface area (Å²) in [6.07, 6.45) is 5.09. The van der Waals surface area contributed by atoms with Crippen molar-refractivity contribution in [2.24, 2.45) is 0 Å². The number of hydrogen-bond donors (Lipinski definition) is 3. The van der Waals surface area contributed by atoms with Gasteiger partial charge in [0.05, 0.1) is 0 Å². The Balaban J connectivity index is 1.72. The maximum atomic E-state index is 12.0. The van der Waals surface area contributed by atoms with Crippen LogP contribution in [0.2, 0.25) is 0 Å². The molecule has 1 unspecified atom stereocenters. The number of piperidine rings is 1. The molecule has 3 N–H and O–H groups in total. The fraction of sp³-hybridized carbons (Fsp3) is 0.556. The number of benzene rings is 1. The van der Waals surface area contributed by atoms with Gasteiger partial charge in [-0.05, 0) is 43.0 Å². The number of H-pyrrole nitrogens is 1. The minimum Gasteiger partial charge on any atom is -0.361 e. The molecule has 0 radical (unpaired) electrons. The van der Waals surface area contributed by atoms with E-state index < -0.39 is 10.2 Å². The molecule has 6 nitrogen and oxygen atoms in total. The van der Waals surface area contributed by atoms with Crippen LogP contribution < -0.4 is 9.44 Å². The van der Waals surface area contributed by atoms with E-state index in [2.05, 4.69) is 50.6 Å². The molecule has 25 heavy (non-hydrogen) atoms. The van der Waals surface area contributed by atoms with Crippen LogP contribution in [0.3, 0.4) is 0 Å². The van der Waals surface area contributed by atoms with E-state index in [4.69, 9.17) is 0 Å². The number of rotatable bonds is 5. The first-order valence-corrected chi connectivity index (χ1v) is 10.5. The monoisotopic (exact) mass is 362 g/mol. The van der Waals surface area contributed by atoms with Crippen molar-refractivity contribution in [2.75, 3.05) is 20.1 Å². The van der Waals surface area contributed by atoms with Gasteiger partial charge in [0, 0.05) is 48.7 Å². The zero-order valence-electron chi connectivity index (χ0n) is 14.7. The van der Waals surface area contributed by atoms with Gasteiger partial charge < -0.3 is 4.98 Å². The molecule has 2 aliphatic rings. The summed E-state index contributed by atoms with van der Waals surface area (Å²) in [5.74, 6) is 0.358. The SMILES string of the molecule is CCCN1C[C@@H](NS(=O)(=O)NC)CC2c3cccc4[nH]cc(c34)C[C@H]21. The maximum Gasteiger partial charge on any atom is 0.276 e. The van der Waals surface area contributed by atoms with Crippen molar-refractivity contribution in [2.45, 2.75) is 44.2 Å². The second-order valence-electron chi connectivity index (χ2n) is 7.21. The summed E-state index contributed by atoms with van der Waals surface area (Å²) in [5.41, 5.74) is 3.94. The van der Waals surface area contributed by atoms with Crippen LogP contribution in [-0.2, 0) is 16.6 Å². The van der Waals surface area contributed by atoms with Gasteiger partial charge in [-0.2, -0.15) is 13.1 Å². The minimum absolute atomic E-state index is 0.0685. The highest BCUT2D eigenvalue weighted by molar-refractivity contribution is 7.87. The lowest BCUT2D eigenvalue weighted by atomic mass is 9.74. The summed E-state index contributed by atoms with van der Waals surface area (Å²) in [6.45, 7) is 3.95. The maximum absolute atomic E-state index is 12.0. The number of fused-ring (bicyclic) bond motifs is 2. The Kier molecular flexibility index (Phi) is 4.35. The molecule has 1 aliphatic heterocycles. The van der Waals surface area contributed by atoms with E-state index in [1.54, 1.807) is 0 Å². The van der Waals surface area contributed by atoms with Crippen LogP contribution >= 0.6 is 0 Å². The Morgan fingerprint density at radius 1 is 1.36 bits per heavy atom. The molecular formula is C18H26N4O2S. The standard InChI is InChI=1S/C18H26N4O2S/c1-3-7-22-11-13(21-25(23,24)19-2)9-15-14-5-4-6-16-18(14)12(10-20-16)8-17(15)22/h4-6,10,13,15,17,19-21H,3,7-9,11H2,1-2H3/t13-,15?,17+/m0/s1. The predicted octanol–water partition coefficient (Wildman–Crippen LogP) is 1.71. The normalized spacial score (nSPS) is 26.7. The van der Waals surface area contributed by atoms with E-state index in [0.29, 0.717) is 12.0 Å². The minimum atomic E-state index is -3.43. The number of aromatic amines is 1. The lowest BCUT2D eigenvalue weighted by Gasteiger charge is -2.47. The van der Waals surface area contributed by atoms with Gasteiger partial charge >= 0.3 is 0 Å². The third kappa shape index (κ3) is 2.99. The molecule has 7 heteroatoms. The molecule has 1 saturated heterocycles. The topological polar surface area (TPSA) is 77.2 Å². The van der Waals surface area contributed by atoms with Crippen molar-refractivity contribution in [3.63, 3.8) is 0 Å². The Morgan fingerprint density at radius 3 is 2.96 bits per heavy atom. The second-order valence-corrected chi connectivity index (χ2v) is 8.87. The molecule has 0 amide bonds. The molecule has 0 bridgehead atoms. The lowest BCUT2D eigenvalue weighted by molar-refractivity contribution is 0.106. The quantitative estimate of drug-likeness (QED) is 0.758. The van der Waals surface area contributed by atoms with E-state index in [1.165, 1.54) is 29.1 Å². The van der Waals surface area contributed by atoms with Crippen LogP contribution in [0.5, 0.6) is 0 Å². The second kappa shape index (κ2) is 6.39. The zero-order valence-corrected chi connectivity index (χ0v) is 15.6. The molecule has 0 spiro atoms. The number of hydrogen-bond acceptors (Lipinski definition) is 3. The average Bonchev–Trinajstić information content (AvgIpc) is 3.00. The number of likely N-dealkylation sites (tertiary alicyclic amines) is 1. The van der Waals surface area contributed by atoms with Gasteiger partial charge in [-0.3, -0.25) is 4.90 Å². The summed E-state index contributed by atoms with van der Waals surface area (Å²) in [4.78, 5) is 5.87. The molecule has 1 aromatic carbocycles. The molecule has 1 fully saturated rings. The van der Waals surface area contributed by atoms with Crippen LogP contribution in [0.25, 0.3) is 10.9 Å². The highest BCUT2D eigenvalue weighted by Gasteiger charge is 2.41. The fourth-order valence-corrected chi connectivity index (χ4v) is 5.43. The first-order chi connectivity index (χ1) is 12.0. The van der Waals surface area contributed by atoms with Crippen LogP contribution in [0.4, 0.5) is 0 Å². The fourth-order valence-electron chi connectivity index (χ4n) is 4.71. The Hall–Kier alpha value is -1.41. The smallest absolute Gasteiger partial charge is 0.276 e. The highest BCUT2D eigenvalue weighted by atomic mass is 32.2. The third-order valence-electron chi connectivity index (χ3n) is 5.68. The summed E-state index contributed by atoms with van der Waals surface area (Å²) in [5, 5.41) is 1.34. The van der Waals surface area contributed by atoms with Crippen LogP contribution in [-0.4, -0.2) is 50.5 Å². The number of nitrogens with one attached hydrogen (secondary N) is 3. The van der Waals surface area contributed by atoms with Gasteiger partial charge in [0.15, 0.2) is 0 Å². The van der Waals surface area contributed by atoms with E-state index in [0.717, 1.165) is 32.4 Å². The van der Waals surface area contributed by atoms with Crippen molar-refractivity contribution >= 4 is 21.1 Å². The lowest BCUT2D eigenvalue weighted by Crippen LogP contribution is -2.57. The van der Waals surface area contributed by atoms with Gasteiger partial charge in [0.25, 0.3) is 10.2 Å². The van der Waals surface area contributed by atoms with E-state index in [1.807, 2.05) is 0 Å². The molecule has 136 valence electrons. The van der Waals surface area contributed by atoms with Crippen LogP contribution in [0.1, 0.15) is 36.8 Å². The summed E-state index contributed by atoms with van der Waals surface area (Å²) in [7, 11) is -1.98. The Morgan fingerprint density at radius 2 is 2.20 bits per heavy atom. The van der Waals surface area contributed by atoms with Gasteiger partial charge in [0.1, 0.15) is 0 Å². The molecule has 2 aromatic rings. The van der Waals surface area contributed by atoms with Gasteiger partial charge in [0.2, 0.25) is 0 Å². The van der Waals surface area contributed by atoms with Crippen molar-refractivity contribution in [3.05, 3.63) is 35.5 Å². The number of aromatic nitrogens is 1.